The van der Waals surface area contributed by atoms with Gasteiger partial charge in [0.2, 0.25) is 0 Å². The van der Waals surface area contributed by atoms with Crippen LogP contribution in [0.2, 0.25) is 0 Å². The summed E-state index contributed by atoms with van der Waals surface area (Å²) in [6.07, 6.45) is 0.880. The Labute approximate surface area is 148 Å². The molecule has 0 spiro atoms. The normalized spacial score (nSPS) is 12.0. The number of benzene rings is 2. The predicted molar refractivity (Wildman–Crippen MR) is 103 cm³/mol. The highest BCUT2D eigenvalue weighted by Gasteiger charge is 2.18. The number of hydrogen-bond donors (Lipinski definition) is 2. The minimum atomic E-state index is -0.145. The highest BCUT2D eigenvalue weighted by atomic mass is 16.3. The van der Waals surface area contributed by atoms with Crippen LogP contribution < -0.4 is 10.6 Å². The minimum absolute atomic E-state index is 0.0976. The second-order valence-electron chi connectivity index (χ2n) is 7.51. The molecule has 1 aromatic heterocycles. The molecule has 0 radical (unpaired) electrons. The van der Waals surface area contributed by atoms with Crippen LogP contribution >= 0.6 is 0 Å². The summed E-state index contributed by atoms with van der Waals surface area (Å²) in [5, 5.41) is 9.53. The Bertz CT molecular complexity index is 903. The molecule has 0 aliphatic heterocycles. The summed E-state index contributed by atoms with van der Waals surface area (Å²) in [4.78, 5) is 12.5. The number of fused-ring (bicyclic) bond motifs is 3. The molecule has 2 N–H and O–H groups in total. The van der Waals surface area contributed by atoms with Crippen LogP contribution in [0.5, 0.6) is 0 Å². The summed E-state index contributed by atoms with van der Waals surface area (Å²) in [6, 6.07) is 12.2. The zero-order valence-electron chi connectivity index (χ0n) is 15.4. The molecule has 0 aliphatic rings. The van der Waals surface area contributed by atoms with Crippen LogP contribution in [0, 0.1) is 6.92 Å². The van der Waals surface area contributed by atoms with E-state index >= 15 is 0 Å². The van der Waals surface area contributed by atoms with Gasteiger partial charge in [-0.3, -0.25) is 4.79 Å². The van der Waals surface area contributed by atoms with E-state index in [4.69, 9.17) is 4.42 Å². The molecule has 0 bridgehead atoms. The summed E-state index contributed by atoms with van der Waals surface area (Å²) < 4.78 is 5.96. The number of furan rings is 1. The van der Waals surface area contributed by atoms with E-state index in [1.807, 2.05) is 31.2 Å². The molecule has 1 heterocycles. The van der Waals surface area contributed by atoms with Crippen molar-refractivity contribution in [2.45, 2.75) is 39.7 Å². The van der Waals surface area contributed by atoms with E-state index < -0.39 is 0 Å². The molecule has 4 heteroatoms. The summed E-state index contributed by atoms with van der Waals surface area (Å²) in [5.74, 6) is 0.267. The molecule has 1 amide bonds. The van der Waals surface area contributed by atoms with E-state index in [1.165, 1.54) is 0 Å². The average Bonchev–Trinajstić information content (AvgIpc) is 2.91. The van der Waals surface area contributed by atoms with Crippen molar-refractivity contribution in [1.82, 2.24) is 10.6 Å². The van der Waals surface area contributed by atoms with Crippen molar-refractivity contribution < 1.29 is 9.21 Å². The predicted octanol–water partition coefficient (Wildman–Crippen LogP) is 4.40. The van der Waals surface area contributed by atoms with Crippen LogP contribution in [0.15, 0.2) is 40.8 Å². The van der Waals surface area contributed by atoms with Gasteiger partial charge in [-0.2, -0.15) is 0 Å². The molecule has 0 saturated carbocycles. The molecule has 2 aromatic carbocycles. The largest absolute Gasteiger partial charge is 0.450 e. The smallest absolute Gasteiger partial charge is 0.287 e. The third-order valence-electron chi connectivity index (χ3n) is 4.33. The summed E-state index contributed by atoms with van der Waals surface area (Å²) in [7, 11) is 0. The maximum Gasteiger partial charge on any atom is 0.287 e. The van der Waals surface area contributed by atoms with Crippen LogP contribution in [0.4, 0.5) is 0 Å². The average molecular weight is 338 g/mol. The van der Waals surface area contributed by atoms with Crippen LogP contribution in [-0.4, -0.2) is 24.5 Å². The Morgan fingerprint density at radius 1 is 1.04 bits per heavy atom. The van der Waals surface area contributed by atoms with E-state index in [1.54, 1.807) is 0 Å². The lowest BCUT2D eigenvalue weighted by molar-refractivity contribution is 0.0927. The number of rotatable bonds is 5. The lowest BCUT2D eigenvalue weighted by Crippen LogP contribution is -2.37. The summed E-state index contributed by atoms with van der Waals surface area (Å²) >= 11 is 0. The van der Waals surface area contributed by atoms with Crippen molar-refractivity contribution in [2.24, 2.45) is 0 Å². The van der Waals surface area contributed by atoms with Gasteiger partial charge in [-0.25, -0.2) is 0 Å². The van der Waals surface area contributed by atoms with Crippen molar-refractivity contribution in [3.8, 4) is 0 Å². The first-order valence-electron chi connectivity index (χ1n) is 8.81. The summed E-state index contributed by atoms with van der Waals surface area (Å²) in [5.41, 5.74) is 1.78. The molecule has 4 nitrogen and oxygen atoms in total. The number of amides is 1. The molecule has 132 valence electrons. The highest BCUT2D eigenvalue weighted by molar-refractivity contribution is 6.08. The number of hydrogen-bond acceptors (Lipinski definition) is 3. The summed E-state index contributed by atoms with van der Waals surface area (Å²) in [6.45, 7) is 9.83. The van der Waals surface area contributed by atoms with E-state index in [0.29, 0.717) is 12.3 Å². The molecular formula is C21H26N2O2. The lowest BCUT2D eigenvalue weighted by atomic mass is 10.1. The van der Waals surface area contributed by atoms with Gasteiger partial charge in [0.05, 0.1) is 0 Å². The van der Waals surface area contributed by atoms with Crippen molar-refractivity contribution >= 4 is 27.6 Å². The molecule has 0 fully saturated rings. The van der Waals surface area contributed by atoms with Crippen LogP contribution in [0.1, 0.15) is 43.3 Å². The third-order valence-corrected chi connectivity index (χ3v) is 4.33. The second kappa shape index (κ2) is 6.89. The van der Waals surface area contributed by atoms with E-state index in [0.717, 1.165) is 40.3 Å². The van der Waals surface area contributed by atoms with Gasteiger partial charge < -0.3 is 15.1 Å². The number of carbonyl (C=O) groups excluding carboxylic acids is 1. The van der Waals surface area contributed by atoms with Crippen LogP contribution in [-0.2, 0) is 0 Å². The topological polar surface area (TPSA) is 54.3 Å². The highest BCUT2D eigenvalue weighted by Crippen LogP contribution is 2.31. The first kappa shape index (κ1) is 17.5. The van der Waals surface area contributed by atoms with Gasteiger partial charge in [0.1, 0.15) is 5.58 Å². The fourth-order valence-corrected chi connectivity index (χ4v) is 3.00. The molecule has 25 heavy (non-hydrogen) atoms. The van der Waals surface area contributed by atoms with Crippen molar-refractivity contribution in [2.75, 3.05) is 13.1 Å². The maximum absolute atomic E-state index is 12.5. The molecular weight excluding hydrogens is 312 g/mol. The standard InChI is InChI=1S/C21H26N2O2/c1-14-16-11-10-15-8-5-6-9-17(15)19(16)25-18(14)20(24)22-12-7-13-23-21(2,3)4/h5-6,8-11,23H,7,12-13H2,1-4H3,(H,22,24). The van der Waals surface area contributed by atoms with Crippen LogP contribution in [0.3, 0.4) is 0 Å². The Hall–Kier alpha value is -2.33. The zero-order valence-corrected chi connectivity index (χ0v) is 15.4. The fraction of sp³-hybridized carbons (Fsp3) is 0.381. The zero-order chi connectivity index (χ0) is 18.0. The molecule has 3 aromatic rings. The first-order valence-corrected chi connectivity index (χ1v) is 8.81. The van der Waals surface area contributed by atoms with Gasteiger partial charge in [-0.05, 0) is 46.0 Å². The van der Waals surface area contributed by atoms with E-state index in [9.17, 15) is 4.79 Å². The second-order valence-corrected chi connectivity index (χ2v) is 7.51. The molecule has 0 saturated heterocycles. The van der Waals surface area contributed by atoms with Gasteiger partial charge in [0.15, 0.2) is 5.76 Å². The van der Waals surface area contributed by atoms with E-state index in [2.05, 4.69) is 43.5 Å². The fourth-order valence-electron chi connectivity index (χ4n) is 3.00. The van der Waals surface area contributed by atoms with Gasteiger partial charge in [0.25, 0.3) is 5.91 Å². The van der Waals surface area contributed by atoms with Gasteiger partial charge in [0, 0.05) is 28.4 Å². The molecule has 0 unspecified atom stereocenters. The van der Waals surface area contributed by atoms with Gasteiger partial charge >= 0.3 is 0 Å². The van der Waals surface area contributed by atoms with Crippen molar-refractivity contribution in [3.63, 3.8) is 0 Å². The third kappa shape index (κ3) is 3.85. The number of carbonyl (C=O) groups is 1. The van der Waals surface area contributed by atoms with Crippen LogP contribution in [0.25, 0.3) is 21.7 Å². The molecule has 3 rings (SSSR count). The monoisotopic (exact) mass is 338 g/mol. The Balaban J connectivity index is 1.74. The Morgan fingerprint density at radius 2 is 1.80 bits per heavy atom. The van der Waals surface area contributed by atoms with Gasteiger partial charge in [-0.15, -0.1) is 0 Å². The molecule has 0 aliphatic carbocycles. The van der Waals surface area contributed by atoms with E-state index in [-0.39, 0.29) is 11.4 Å². The van der Waals surface area contributed by atoms with Gasteiger partial charge in [-0.1, -0.05) is 36.4 Å². The first-order chi connectivity index (χ1) is 11.9. The SMILES string of the molecule is Cc1c(C(=O)NCCCNC(C)(C)C)oc2c1ccc1ccccc12. The Kier molecular flexibility index (Phi) is 4.82. The quantitative estimate of drug-likeness (QED) is 0.678. The Morgan fingerprint density at radius 3 is 2.56 bits per heavy atom. The van der Waals surface area contributed by atoms with Crippen molar-refractivity contribution in [3.05, 3.63) is 47.7 Å². The minimum Gasteiger partial charge on any atom is -0.450 e. The lowest BCUT2D eigenvalue weighted by Gasteiger charge is -2.20. The maximum atomic E-state index is 12.5. The van der Waals surface area contributed by atoms with Crippen molar-refractivity contribution in [1.29, 1.82) is 0 Å². The number of aryl methyl sites for hydroxylation is 1. The number of nitrogens with one attached hydrogen (secondary N) is 2. The molecule has 0 atom stereocenters.